The third-order valence-corrected chi connectivity index (χ3v) is 7.16. The quantitative estimate of drug-likeness (QED) is 0.306. The molecule has 36 heavy (non-hydrogen) atoms. The van der Waals surface area contributed by atoms with Gasteiger partial charge in [-0.2, -0.15) is 0 Å². The third-order valence-electron chi connectivity index (χ3n) is 7.16. The van der Waals surface area contributed by atoms with Crippen LogP contribution in [0, 0.1) is 0 Å². The van der Waals surface area contributed by atoms with E-state index in [-0.39, 0.29) is 18.0 Å². The van der Waals surface area contributed by atoms with Crippen molar-refractivity contribution in [1.29, 1.82) is 0 Å². The Balaban J connectivity index is 1.32. The molecule has 1 atom stereocenters. The molecule has 0 saturated carbocycles. The van der Waals surface area contributed by atoms with Gasteiger partial charge in [-0.1, -0.05) is 97.1 Å². The van der Waals surface area contributed by atoms with E-state index in [1.165, 1.54) is 11.1 Å². The molecule has 5 rings (SSSR count). The first-order valence-corrected chi connectivity index (χ1v) is 12.7. The molecule has 0 aromatic heterocycles. The molecule has 1 saturated heterocycles. The fraction of sp³-hybridized carbons (Fsp3) is 0.219. The Kier molecular flexibility index (Phi) is 7.44. The molecular weight excluding hydrogens is 442 g/mol. The van der Waals surface area contributed by atoms with Gasteiger partial charge in [0.2, 0.25) is 5.91 Å². The van der Waals surface area contributed by atoms with Crippen LogP contribution in [0.3, 0.4) is 0 Å². The molecule has 4 nitrogen and oxygen atoms in total. The summed E-state index contributed by atoms with van der Waals surface area (Å²) in [5, 5.41) is 0. The molecular formula is C32H33N3O. The van der Waals surface area contributed by atoms with E-state index < -0.39 is 0 Å². The maximum absolute atomic E-state index is 13.6. The maximum atomic E-state index is 13.6. The molecule has 1 fully saturated rings. The summed E-state index contributed by atoms with van der Waals surface area (Å²) >= 11 is 0. The third kappa shape index (κ3) is 5.34. The van der Waals surface area contributed by atoms with E-state index in [0.29, 0.717) is 6.54 Å². The van der Waals surface area contributed by atoms with Crippen LogP contribution in [0.5, 0.6) is 0 Å². The second-order valence-electron chi connectivity index (χ2n) is 9.42. The van der Waals surface area contributed by atoms with E-state index in [1.54, 1.807) is 0 Å². The Morgan fingerprint density at radius 2 is 1.19 bits per heavy atom. The summed E-state index contributed by atoms with van der Waals surface area (Å²) in [7, 11) is 1.96. The summed E-state index contributed by atoms with van der Waals surface area (Å²) in [5.74, 6) is 0.130. The van der Waals surface area contributed by atoms with Crippen LogP contribution in [0.25, 0.3) is 0 Å². The highest BCUT2D eigenvalue weighted by atomic mass is 16.2. The van der Waals surface area contributed by atoms with Gasteiger partial charge in [0, 0.05) is 37.6 Å². The van der Waals surface area contributed by atoms with E-state index in [9.17, 15) is 4.79 Å². The highest BCUT2D eigenvalue weighted by Crippen LogP contribution is 2.33. The first-order chi connectivity index (χ1) is 17.7. The lowest BCUT2D eigenvalue weighted by atomic mass is 9.97. The molecule has 0 radical (unpaired) electrons. The number of hydrogen-bond donors (Lipinski definition) is 0. The van der Waals surface area contributed by atoms with Crippen LogP contribution >= 0.6 is 0 Å². The van der Waals surface area contributed by atoms with E-state index in [4.69, 9.17) is 0 Å². The van der Waals surface area contributed by atoms with E-state index in [2.05, 4.69) is 94.7 Å². The van der Waals surface area contributed by atoms with Crippen molar-refractivity contribution in [1.82, 2.24) is 9.80 Å². The van der Waals surface area contributed by atoms with Crippen LogP contribution in [-0.4, -0.2) is 48.4 Å². The lowest BCUT2D eigenvalue weighted by Gasteiger charge is -2.32. The molecule has 0 aliphatic carbocycles. The topological polar surface area (TPSA) is 26.8 Å². The van der Waals surface area contributed by atoms with E-state index >= 15 is 0 Å². The number of likely N-dealkylation sites (N-methyl/N-ethyl adjacent to an activating group) is 1. The average molecular weight is 476 g/mol. The standard InChI is InChI=1S/C32H33N3O/c1-33(31(36)25-35(28-18-10-4-11-19-28)29-20-12-5-13-21-29)30-22-23-34(24-30)32(26-14-6-2-7-15-26)27-16-8-3-9-17-27/h2-21,30,32H,22-25H2,1H3/t30-/m0/s1. The van der Waals surface area contributed by atoms with Crippen molar-refractivity contribution in [3.63, 3.8) is 0 Å². The fourth-order valence-corrected chi connectivity index (χ4v) is 5.20. The number of anilines is 2. The summed E-state index contributed by atoms with van der Waals surface area (Å²) in [6, 6.07) is 42.1. The van der Waals surface area contributed by atoms with Gasteiger partial charge in [0.15, 0.2) is 0 Å². The molecule has 4 heteroatoms. The van der Waals surface area contributed by atoms with Crippen LogP contribution in [0.1, 0.15) is 23.6 Å². The minimum atomic E-state index is 0.130. The van der Waals surface area contributed by atoms with Crippen LogP contribution in [0.4, 0.5) is 11.4 Å². The fourth-order valence-electron chi connectivity index (χ4n) is 5.20. The Morgan fingerprint density at radius 3 is 1.67 bits per heavy atom. The van der Waals surface area contributed by atoms with Crippen molar-refractivity contribution in [2.24, 2.45) is 0 Å². The summed E-state index contributed by atoms with van der Waals surface area (Å²) in [5.41, 5.74) is 4.62. The number of nitrogens with zero attached hydrogens (tertiary/aromatic N) is 3. The molecule has 0 N–H and O–H groups in total. The molecule has 4 aromatic carbocycles. The van der Waals surface area contributed by atoms with Crippen LogP contribution in [0.15, 0.2) is 121 Å². The van der Waals surface area contributed by atoms with Crippen LogP contribution < -0.4 is 4.90 Å². The smallest absolute Gasteiger partial charge is 0.242 e. The summed E-state index contributed by atoms with van der Waals surface area (Å²) < 4.78 is 0. The highest BCUT2D eigenvalue weighted by Gasteiger charge is 2.34. The van der Waals surface area contributed by atoms with Gasteiger partial charge >= 0.3 is 0 Å². The maximum Gasteiger partial charge on any atom is 0.242 e. The van der Waals surface area contributed by atoms with Crippen LogP contribution in [0.2, 0.25) is 0 Å². The van der Waals surface area contributed by atoms with Gasteiger partial charge < -0.3 is 9.80 Å². The molecule has 0 spiro atoms. The predicted molar refractivity (Wildman–Crippen MR) is 147 cm³/mol. The first kappa shape index (κ1) is 23.8. The summed E-state index contributed by atoms with van der Waals surface area (Å²) in [4.78, 5) is 20.2. The number of amides is 1. The number of carbonyl (C=O) groups is 1. The Morgan fingerprint density at radius 1 is 0.750 bits per heavy atom. The van der Waals surface area contributed by atoms with Crippen molar-refractivity contribution < 1.29 is 4.79 Å². The molecule has 1 amide bonds. The van der Waals surface area contributed by atoms with Crippen LogP contribution in [-0.2, 0) is 4.79 Å². The second-order valence-corrected chi connectivity index (χ2v) is 9.42. The lowest BCUT2D eigenvalue weighted by Crippen LogP contribution is -2.44. The van der Waals surface area contributed by atoms with Gasteiger partial charge in [0.05, 0.1) is 6.04 Å². The molecule has 1 heterocycles. The number of rotatable bonds is 8. The summed E-state index contributed by atoms with van der Waals surface area (Å²) in [6.45, 7) is 2.12. The van der Waals surface area contributed by atoms with Gasteiger partial charge in [0.25, 0.3) is 0 Å². The largest absolute Gasteiger partial charge is 0.340 e. The van der Waals surface area contributed by atoms with Gasteiger partial charge in [-0.05, 0) is 41.8 Å². The number of hydrogen-bond acceptors (Lipinski definition) is 3. The molecule has 4 aromatic rings. The number of likely N-dealkylation sites (tertiary alicyclic amines) is 1. The Hall–Kier alpha value is -3.89. The van der Waals surface area contributed by atoms with Crippen molar-refractivity contribution in [2.75, 3.05) is 31.6 Å². The van der Waals surface area contributed by atoms with Gasteiger partial charge in [-0.15, -0.1) is 0 Å². The average Bonchev–Trinajstić information content (AvgIpc) is 3.43. The van der Waals surface area contributed by atoms with Gasteiger partial charge in [-0.3, -0.25) is 9.69 Å². The first-order valence-electron chi connectivity index (χ1n) is 12.7. The zero-order valence-corrected chi connectivity index (χ0v) is 20.8. The normalized spacial score (nSPS) is 15.7. The SMILES string of the molecule is CN(C(=O)CN(c1ccccc1)c1ccccc1)[C@H]1CCN(C(c2ccccc2)c2ccccc2)C1. The van der Waals surface area contributed by atoms with E-state index in [1.807, 2.05) is 48.3 Å². The molecule has 182 valence electrons. The minimum absolute atomic E-state index is 0.130. The van der Waals surface area contributed by atoms with Crippen molar-refractivity contribution in [3.8, 4) is 0 Å². The zero-order chi connectivity index (χ0) is 24.7. The van der Waals surface area contributed by atoms with Gasteiger partial charge in [0.1, 0.15) is 6.54 Å². The van der Waals surface area contributed by atoms with Gasteiger partial charge in [-0.25, -0.2) is 0 Å². The number of carbonyl (C=O) groups excluding carboxylic acids is 1. The molecule has 1 aliphatic rings. The number of para-hydroxylation sites is 2. The summed E-state index contributed by atoms with van der Waals surface area (Å²) in [6.07, 6.45) is 0.967. The highest BCUT2D eigenvalue weighted by molar-refractivity contribution is 5.84. The molecule has 1 aliphatic heterocycles. The van der Waals surface area contributed by atoms with Crippen molar-refractivity contribution in [2.45, 2.75) is 18.5 Å². The minimum Gasteiger partial charge on any atom is -0.340 e. The van der Waals surface area contributed by atoms with E-state index in [0.717, 1.165) is 30.9 Å². The monoisotopic (exact) mass is 475 g/mol. The van der Waals surface area contributed by atoms with Crippen molar-refractivity contribution >= 4 is 17.3 Å². The zero-order valence-electron chi connectivity index (χ0n) is 20.8. The predicted octanol–water partition coefficient (Wildman–Crippen LogP) is 6.15. The number of benzene rings is 4. The second kappa shape index (κ2) is 11.2. The lowest BCUT2D eigenvalue weighted by molar-refractivity contribution is -0.130. The molecule has 0 bridgehead atoms. The van der Waals surface area contributed by atoms with Crippen molar-refractivity contribution in [3.05, 3.63) is 132 Å². The molecule has 0 unspecified atom stereocenters. The Labute approximate surface area is 214 Å². The Bertz CT molecular complexity index is 1150.